The zero-order valence-corrected chi connectivity index (χ0v) is 9.58. The predicted octanol–water partition coefficient (Wildman–Crippen LogP) is 0.843. The molecule has 0 saturated heterocycles. The van der Waals surface area contributed by atoms with E-state index in [1.54, 1.807) is 31.4 Å². The first-order valence-electron chi connectivity index (χ1n) is 4.59. The fourth-order valence-corrected chi connectivity index (χ4v) is 0.840. The van der Waals surface area contributed by atoms with E-state index >= 15 is 0 Å². The predicted molar refractivity (Wildman–Crippen MR) is 64.5 cm³/mol. The highest BCUT2D eigenvalue weighted by Crippen LogP contribution is 2.10. The van der Waals surface area contributed by atoms with E-state index in [0.29, 0.717) is 5.56 Å². The highest BCUT2D eigenvalue weighted by Gasteiger charge is 1.94. The highest BCUT2D eigenvalue weighted by molar-refractivity contribution is 6.09. The molecule has 0 aliphatic carbocycles. The monoisotopic (exact) mass is 245 g/mol. The van der Waals surface area contributed by atoms with Crippen LogP contribution in [0.1, 0.15) is 5.56 Å². The number of rotatable bonds is 2. The van der Waals surface area contributed by atoms with Gasteiger partial charge in [0.15, 0.2) is 0 Å². The molecule has 7 nitrogen and oxygen atoms in total. The van der Waals surface area contributed by atoms with Gasteiger partial charge in [-0.25, -0.2) is 0 Å². The number of nitrogens with two attached hydrogens (primary N) is 1. The molecular formula is C11H11N5O2. The summed E-state index contributed by atoms with van der Waals surface area (Å²) in [6.45, 7) is 0. The summed E-state index contributed by atoms with van der Waals surface area (Å²) in [7, 11) is 1.60. The van der Waals surface area contributed by atoms with Crippen molar-refractivity contribution in [3.05, 3.63) is 29.8 Å². The van der Waals surface area contributed by atoms with Crippen molar-refractivity contribution in [3.8, 4) is 17.9 Å². The third-order valence-corrected chi connectivity index (χ3v) is 1.71. The zero-order chi connectivity index (χ0) is 14.0. The number of nitrogen functional groups attached to an aromatic ring is 1. The third kappa shape index (κ3) is 5.14. The molecule has 1 aromatic carbocycles. The first kappa shape index (κ1) is 14.9. The van der Waals surface area contributed by atoms with E-state index in [1.165, 1.54) is 12.1 Å². The van der Waals surface area contributed by atoms with Crippen LogP contribution in [0.25, 0.3) is 0 Å². The van der Waals surface area contributed by atoms with Crippen molar-refractivity contribution in [2.75, 3.05) is 7.11 Å². The Morgan fingerprint density at radius 3 is 2.06 bits per heavy atom. The van der Waals surface area contributed by atoms with Crippen LogP contribution in [0.15, 0.2) is 29.4 Å². The van der Waals surface area contributed by atoms with Gasteiger partial charge < -0.3 is 15.7 Å². The molecule has 0 spiro atoms. The number of nitrogens with zero attached hydrogens (tertiary/aromatic N) is 3. The second kappa shape index (κ2) is 8.13. The van der Waals surface area contributed by atoms with E-state index < -0.39 is 5.71 Å². The SMILES string of the molecule is COc1ccc(C(=N)N)cc1.N#CC(C#N)=NO. The zero-order valence-electron chi connectivity index (χ0n) is 9.58. The first-order chi connectivity index (χ1) is 8.58. The standard InChI is InChI=1S/C8H10N2O.C3HN3O/c1-11-7-4-2-6(3-5-7)8(9)10;4-1-3(2-5)6-7/h2-5H,1H3,(H3,9,10);7H. The number of nitrogens with one attached hydrogen (secondary N) is 1. The van der Waals surface area contributed by atoms with Gasteiger partial charge in [0.05, 0.1) is 7.11 Å². The third-order valence-electron chi connectivity index (χ3n) is 1.71. The summed E-state index contributed by atoms with van der Waals surface area (Å²) >= 11 is 0. The lowest BCUT2D eigenvalue weighted by Gasteiger charge is -2.00. The van der Waals surface area contributed by atoms with Crippen molar-refractivity contribution >= 4 is 11.5 Å². The smallest absolute Gasteiger partial charge is 0.255 e. The van der Waals surface area contributed by atoms with Gasteiger partial charge in [0, 0.05) is 5.56 Å². The molecule has 0 amide bonds. The Balaban J connectivity index is 0.000000360. The lowest BCUT2D eigenvalue weighted by atomic mass is 10.2. The molecule has 1 rings (SSSR count). The number of ether oxygens (including phenoxy) is 1. The molecule has 0 unspecified atom stereocenters. The summed E-state index contributed by atoms with van der Waals surface area (Å²) in [5, 5.41) is 32.6. The van der Waals surface area contributed by atoms with Crippen molar-refractivity contribution in [2.24, 2.45) is 10.9 Å². The molecule has 0 radical (unpaired) electrons. The molecule has 0 aromatic heterocycles. The van der Waals surface area contributed by atoms with E-state index in [2.05, 4.69) is 5.16 Å². The maximum Gasteiger partial charge on any atom is 0.255 e. The Bertz CT molecular complexity index is 492. The van der Waals surface area contributed by atoms with Gasteiger partial charge in [0.25, 0.3) is 5.71 Å². The quantitative estimate of drug-likeness (QED) is 0.306. The Labute approximate surface area is 104 Å². The maximum atomic E-state index is 7.76. The van der Waals surface area contributed by atoms with Gasteiger partial charge in [-0.05, 0) is 24.3 Å². The van der Waals surface area contributed by atoms with Crippen LogP contribution in [0.5, 0.6) is 5.75 Å². The summed E-state index contributed by atoms with van der Waals surface area (Å²) in [4.78, 5) is 0. The van der Waals surface area contributed by atoms with Crippen molar-refractivity contribution < 1.29 is 9.94 Å². The van der Waals surface area contributed by atoms with Gasteiger partial charge in [-0.2, -0.15) is 10.5 Å². The molecule has 0 heterocycles. The highest BCUT2D eigenvalue weighted by atomic mass is 16.5. The van der Waals surface area contributed by atoms with Crippen LogP contribution >= 0.6 is 0 Å². The lowest BCUT2D eigenvalue weighted by molar-refractivity contribution is 0.320. The molecule has 0 aliphatic heterocycles. The number of hydrogen-bond donors (Lipinski definition) is 3. The molecular weight excluding hydrogens is 234 g/mol. The minimum atomic E-state index is -0.528. The van der Waals surface area contributed by atoms with E-state index in [0.717, 1.165) is 5.75 Å². The van der Waals surface area contributed by atoms with Crippen molar-refractivity contribution in [1.82, 2.24) is 0 Å². The Morgan fingerprint density at radius 2 is 1.83 bits per heavy atom. The van der Waals surface area contributed by atoms with Gasteiger partial charge in [0.2, 0.25) is 0 Å². The van der Waals surface area contributed by atoms with Crippen molar-refractivity contribution in [3.63, 3.8) is 0 Å². The van der Waals surface area contributed by atoms with E-state index in [4.69, 9.17) is 31.6 Å². The number of methoxy groups -OCH3 is 1. The molecule has 0 aliphatic rings. The Kier molecular flexibility index (Phi) is 6.75. The lowest BCUT2D eigenvalue weighted by Crippen LogP contribution is -2.10. The maximum absolute atomic E-state index is 7.76. The van der Waals surface area contributed by atoms with Crippen LogP contribution < -0.4 is 10.5 Å². The van der Waals surface area contributed by atoms with Crippen LogP contribution in [0, 0.1) is 28.1 Å². The van der Waals surface area contributed by atoms with Crippen LogP contribution in [0.2, 0.25) is 0 Å². The average molecular weight is 245 g/mol. The van der Waals surface area contributed by atoms with Gasteiger partial charge in [-0.3, -0.25) is 5.41 Å². The van der Waals surface area contributed by atoms with Crippen LogP contribution in [0.3, 0.4) is 0 Å². The molecule has 7 heteroatoms. The van der Waals surface area contributed by atoms with Crippen LogP contribution in [-0.2, 0) is 0 Å². The van der Waals surface area contributed by atoms with Gasteiger partial charge in [-0.15, -0.1) is 0 Å². The average Bonchev–Trinajstić information content (AvgIpc) is 2.41. The Hall–Kier alpha value is -3.06. The van der Waals surface area contributed by atoms with Crippen LogP contribution in [-0.4, -0.2) is 23.9 Å². The summed E-state index contributed by atoms with van der Waals surface area (Å²) in [6.07, 6.45) is 0. The first-order valence-corrected chi connectivity index (χ1v) is 4.59. The summed E-state index contributed by atoms with van der Waals surface area (Å²) < 4.78 is 4.94. The largest absolute Gasteiger partial charge is 0.497 e. The minimum absolute atomic E-state index is 0.0765. The number of hydrogen-bond acceptors (Lipinski definition) is 6. The summed E-state index contributed by atoms with van der Waals surface area (Å²) in [5.74, 6) is 0.850. The van der Waals surface area contributed by atoms with E-state index in [1.807, 2.05) is 0 Å². The molecule has 0 bridgehead atoms. The molecule has 1 aromatic rings. The molecule has 18 heavy (non-hydrogen) atoms. The summed E-state index contributed by atoms with van der Waals surface area (Å²) in [6, 6.07) is 9.73. The van der Waals surface area contributed by atoms with Gasteiger partial charge in [0.1, 0.15) is 23.7 Å². The van der Waals surface area contributed by atoms with Crippen LogP contribution in [0.4, 0.5) is 0 Å². The molecule has 0 fully saturated rings. The van der Waals surface area contributed by atoms with Crippen molar-refractivity contribution in [2.45, 2.75) is 0 Å². The molecule has 4 N–H and O–H groups in total. The summed E-state index contributed by atoms with van der Waals surface area (Å²) in [5.41, 5.74) is 5.43. The number of nitriles is 2. The Morgan fingerprint density at radius 1 is 1.33 bits per heavy atom. The minimum Gasteiger partial charge on any atom is -0.497 e. The molecule has 0 atom stereocenters. The van der Waals surface area contributed by atoms with Gasteiger partial charge >= 0.3 is 0 Å². The number of amidine groups is 1. The number of benzene rings is 1. The van der Waals surface area contributed by atoms with Crippen molar-refractivity contribution in [1.29, 1.82) is 15.9 Å². The second-order valence-corrected chi connectivity index (χ2v) is 2.81. The molecule has 92 valence electrons. The van der Waals surface area contributed by atoms with E-state index in [-0.39, 0.29) is 5.84 Å². The fourth-order valence-electron chi connectivity index (χ4n) is 0.840. The normalized spacial score (nSPS) is 7.72. The number of oxime groups is 1. The topological polar surface area (TPSA) is 139 Å². The van der Waals surface area contributed by atoms with E-state index in [9.17, 15) is 0 Å². The molecule has 0 saturated carbocycles. The van der Waals surface area contributed by atoms with Gasteiger partial charge in [-0.1, -0.05) is 5.16 Å². The fraction of sp³-hybridized carbons (Fsp3) is 0.0909. The second-order valence-electron chi connectivity index (χ2n) is 2.81.